The summed E-state index contributed by atoms with van der Waals surface area (Å²) in [5.41, 5.74) is 2.40. The van der Waals surface area contributed by atoms with E-state index in [4.69, 9.17) is 0 Å². The van der Waals surface area contributed by atoms with Crippen molar-refractivity contribution in [2.24, 2.45) is 11.3 Å². The van der Waals surface area contributed by atoms with Gasteiger partial charge in [-0.1, -0.05) is 13.8 Å². The van der Waals surface area contributed by atoms with Crippen molar-refractivity contribution < 1.29 is 9.90 Å². The predicted molar refractivity (Wildman–Crippen MR) is 86.1 cm³/mol. The number of halogens is 1. The van der Waals surface area contributed by atoms with E-state index in [0.717, 1.165) is 37.1 Å². The molecule has 3 rings (SSSR count). The van der Waals surface area contributed by atoms with Crippen LogP contribution in [0.3, 0.4) is 0 Å². The van der Waals surface area contributed by atoms with E-state index in [1.165, 1.54) is 0 Å². The van der Waals surface area contributed by atoms with Gasteiger partial charge in [0.1, 0.15) is 0 Å². The Morgan fingerprint density at radius 3 is 2.82 bits per heavy atom. The number of fused-ring (bicyclic) bond motifs is 1. The molecule has 1 saturated carbocycles. The number of nitrogens with one attached hydrogen (secondary N) is 3. The molecule has 1 unspecified atom stereocenters. The summed E-state index contributed by atoms with van der Waals surface area (Å²) in [6, 6.07) is 0. The van der Waals surface area contributed by atoms with Crippen LogP contribution in [-0.2, 0) is 13.0 Å². The number of aliphatic hydroxyl groups excluding tert-OH is 1. The number of rotatable bonds is 5. The quantitative estimate of drug-likeness (QED) is 0.649. The van der Waals surface area contributed by atoms with E-state index in [9.17, 15) is 9.90 Å². The van der Waals surface area contributed by atoms with E-state index in [-0.39, 0.29) is 35.8 Å². The summed E-state index contributed by atoms with van der Waals surface area (Å²) >= 11 is 0. The van der Waals surface area contributed by atoms with E-state index >= 15 is 0 Å². The van der Waals surface area contributed by atoms with Gasteiger partial charge in [-0.2, -0.15) is 5.10 Å². The number of aromatic amines is 1. The number of hydrogen-bond acceptors (Lipinski definition) is 4. The molecular formula is C15H25ClN4O2. The van der Waals surface area contributed by atoms with Gasteiger partial charge in [0.25, 0.3) is 5.91 Å². The predicted octanol–water partition coefficient (Wildman–Crippen LogP) is 1.00. The first-order valence-corrected chi connectivity index (χ1v) is 7.76. The van der Waals surface area contributed by atoms with Crippen LogP contribution in [-0.4, -0.2) is 40.4 Å². The maximum absolute atomic E-state index is 12.3. The Morgan fingerprint density at radius 1 is 1.45 bits per heavy atom. The molecule has 2 heterocycles. The lowest BCUT2D eigenvalue weighted by Crippen LogP contribution is -2.39. The van der Waals surface area contributed by atoms with Crippen molar-refractivity contribution in [1.29, 1.82) is 0 Å². The molecule has 0 saturated heterocycles. The molecule has 0 radical (unpaired) electrons. The molecule has 6 nitrogen and oxygen atoms in total. The minimum Gasteiger partial charge on any atom is -0.392 e. The zero-order valence-electron chi connectivity index (χ0n) is 13.1. The second kappa shape index (κ2) is 6.56. The van der Waals surface area contributed by atoms with Crippen molar-refractivity contribution in [1.82, 2.24) is 20.8 Å². The van der Waals surface area contributed by atoms with Gasteiger partial charge in [0.2, 0.25) is 0 Å². The number of hydrogen-bond donors (Lipinski definition) is 4. The van der Waals surface area contributed by atoms with Crippen LogP contribution < -0.4 is 10.6 Å². The smallest absolute Gasteiger partial charge is 0.272 e. The van der Waals surface area contributed by atoms with Gasteiger partial charge in [-0.3, -0.25) is 9.89 Å². The summed E-state index contributed by atoms with van der Waals surface area (Å²) in [6.07, 6.45) is 2.48. The Hall–Kier alpha value is -1.11. The molecule has 0 bridgehead atoms. The molecule has 0 aromatic carbocycles. The molecule has 22 heavy (non-hydrogen) atoms. The van der Waals surface area contributed by atoms with Crippen LogP contribution in [0.1, 0.15) is 48.4 Å². The monoisotopic (exact) mass is 328 g/mol. The Labute approximate surface area is 136 Å². The lowest BCUT2D eigenvalue weighted by atomic mass is 9.90. The highest BCUT2D eigenvalue weighted by Crippen LogP contribution is 2.50. The molecule has 4 N–H and O–H groups in total. The summed E-state index contributed by atoms with van der Waals surface area (Å²) in [4.78, 5) is 12.3. The van der Waals surface area contributed by atoms with Gasteiger partial charge in [0, 0.05) is 42.7 Å². The average molecular weight is 329 g/mol. The molecular weight excluding hydrogens is 304 g/mol. The molecule has 1 atom stereocenters. The van der Waals surface area contributed by atoms with Crippen LogP contribution >= 0.6 is 12.4 Å². The van der Waals surface area contributed by atoms with Crippen molar-refractivity contribution in [2.45, 2.75) is 45.8 Å². The molecule has 1 amide bonds. The van der Waals surface area contributed by atoms with E-state index in [0.29, 0.717) is 18.8 Å². The number of H-pyrrole nitrogens is 1. The van der Waals surface area contributed by atoms with E-state index < -0.39 is 0 Å². The third-order valence-corrected chi connectivity index (χ3v) is 4.77. The minimum atomic E-state index is -0.354. The van der Waals surface area contributed by atoms with E-state index in [1.54, 1.807) is 0 Å². The Morgan fingerprint density at radius 2 is 2.18 bits per heavy atom. The van der Waals surface area contributed by atoms with Gasteiger partial charge in [0.05, 0.1) is 6.10 Å². The van der Waals surface area contributed by atoms with Gasteiger partial charge in [-0.15, -0.1) is 12.4 Å². The summed E-state index contributed by atoms with van der Waals surface area (Å²) < 4.78 is 0. The van der Waals surface area contributed by atoms with E-state index in [1.807, 2.05) is 13.8 Å². The van der Waals surface area contributed by atoms with Crippen molar-refractivity contribution >= 4 is 18.3 Å². The van der Waals surface area contributed by atoms with Crippen molar-refractivity contribution in [3.8, 4) is 0 Å². The molecule has 7 heteroatoms. The zero-order chi connectivity index (χ0) is 15.0. The van der Waals surface area contributed by atoms with Gasteiger partial charge in [-0.25, -0.2) is 0 Å². The third kappa shape index (κ3) is 3.14. The standard InChI is InChI=1S/C15H24N4O2.ClH/c1-9(2)13(20)15(4-5-15)8-17-14(21)12-10-7-16-6-3-11(10)18-19-12;/h9,13,16,20H,3-8H2,1-2H3,(H,17,21)(H,18,19);1H. The van der Waals surface area contributed by atoms with Crippen molar-refractivity contribution in [3.63, 3.8) is 0 Å². The number of carbonyl (C=O) groups excluding carboxylic acids is 1. The van der Waals surface area contributed by atoms with Crippen molar-refractivity contribution in [3.05, 3.63) is 17.0 Å². The highest BCUT2D eigenvalue weighted by atomic mass is 35.5. The van der Waals surface area contributed by atoms with Crippen LogP contribution in [0.15, 0.2) is 0 Å². The van der Waals surface area contributed by atoms with Gasteiger partial charge >= 0.3 is 0 Å². The minimum absolute atomic E-state index is 0. The number of amides is 1. The highest BCUT2D eigenvalue weighted by molar-refractivity contribution is 5.94. The fourth-order valence-electron chi connectivity index (χ4n) is 3.20. The summed E-state index contributed by atoms with van der Waals surface area (Å²) in [5.74, 6) is 0.0742. The largest absolute Gasteiger partial charge is 0.392 e. The first-order valence-electron chi connectivity index (χ1n) is 7.76. The van der Waals surface area contributed by atoms with Crippen molar-refractivity contribution in [2.75, 3.05) is 13.1 Å². The van der Waals surface area contributed by atoms with E-state index in [2.05, 4.69) is 20.8 Å². The SMILES string of the molecule is CC(C)C(O)C1(CNC(=O)c2n[nH]c3c2CNCC3)CC1.Cl. The molecule has 2 aliphatic rings. The topological polar surface area (TPSA) is 90.0 Å². The molecule has 124 valence electrons. The number of aliphatic hydroxyl groups is 1. The first-order chi connectivity index (χ1) is 10.0. The number of nitrogens with zero attached hydrogens (tertiary/aromatic N) is 1. The maximum Gasteiger partial charge on any atom is 0.272 e. The summed E-state index contributed by atoms with van der Waals surface area (Å²) in [6.45, 7) is 6.17. The molecule has 1 aromatic rings. The summed E-state index contributed by atoms with van der Waals surface area (Å²) in [7, 11) is 0. The van der Waals surface area contributed by atoms with Gasteiger partial charge in [-0.05, 0) is 18.8 Å². The molecule has 0 spiro atoms. The second-order valence-corrected chi connectivity index (χ2v) is 6.69. The molecule has 1 aliphatic heterocycles. The lowest BCUT2D eigenvalue weighted by Gasteiger charge is -2.25. The second-order valence-electron chi connectivity index (χ2n) is 6.69. The maximum atomic E-state index is 12.3. The zero-order valence-corrected chi connectivity index (χ0v) is 13.9. The lowest BCUT2D eigenvalue weighted by molar-refractivity contribution is 0.0489. The van der Waals surface area contributed by atoms with Gasteiger partial charge < -0.3 is 15.7 Å². The third-order valence-electron chi connectivity index (χ3n) is 4.77. The average Bonchev–Trinajstić information content (AvgIpc) is 3.15. The fraction of sp³-hybridized carbons (Fsp3) is 0.733. The first kappa shape index (κ1) is 17.2. The molecule has 1 aromatic heterocycles. The molecule has 1 fully saturated rings. The van der Waals surface area contributed by atoms with Crippen LogP contribution in [0.25, 0.3) is 0 Å². The molecule has 1 aliphatic carbocycles. The van der Waals surface area contributed by atoms with Crippen LogP contribution in [0, 0.1) is 11.3 Å². The van der Waals surface area contributed by atoms with Crippen LogP contribution in [0.2, 0.25) is 0 Å². The Kier molecular flexibility index (Phi) is 5.14. The normalized spacial score (nSPS) is 20.0. The number of aromatic nitrogens is 2. The summed E-state index contributed by atoms with van der Waals surface area (Å²) in [5, 5.41) is 23.6. The number of carbonyl (C=O) groups is 1. The Bertz CT molecular complexity index is 540. The van der Waals surface area contributed by atoms with Gasteiger partial charge in [0.15, 0.2) is 5.69 Å². The van der Waals surface area contributed by atoms with Crippen LogP contribution in [0.4, 0.5) is 0 Å². The highest BCUT2D eigenvalue weighted by Gasteiger charge is 2.49. The fourth-order valence-corrected chi connectivity index (χ4v) is 3.20. The van der Waals surface area contributed by atoms with Crippen LogP contribution in [0.5, 0.6) is 0 Å². The Balaban J connectivity index is 0.00000176.